The van der Waals surface area contributed by atoms with E-state index < -0.39 is 0 Å². The van der Waals surface area contributed by atoms with Crippen LogP contribution >= 0.6 is 0 Å². The van der Waals surface area contributed by atoms with Gasteiger partial charge in [0.25, 0.3) is 5.91 Å². The van der Waals surface area contributed by atoms with E-state index in [0.29, 0.717) is 5.69 Å². The quantitative estimate of drug-likeness (QED) is 0.849. The van der Waals surface area contributed by atoms with Gasteiger partial charge < -0.3 is 15.1 Å². The average molecular weight is 273 g/mol. The summed E-state index contributed by atoms with van der Waals surface area (Å²) in [5.74, 6) is 0.507. The van der Waals surface area contributed by atoms with Crippen molar-refractivity contribution >= 4 is 11.6 Å². The molecule has 0 saturated heterocycles. The van der Waals surface area contributed by atoms with Gasteiger partial charge in [-0.15, -0.1) is 0 Å². The van der Waals surface area contributed by atoms with Gasteiger partial charge in [0, 0.05) is 18.4 Å². The third-order valence-corrected chi connectivity index (χ3v) is 2.89. The third-order valence-electron chi connectivity index (χ3n) is 2.89. The Morgan fingerprint density at radius 2 is 2.30 bits per heavy atom. The minimum absolute atomic E-state index is 0.188. The summed E-state index contributed by atoms with van der Waals surface area (Å²) in [5, 5.41) is 6.09. The van der Waals surface area contributed by atoms with Crippen molar-refractivity contribution in [2.45, 2.75) is 26.3 Å². The first-order valence-electron chi connectivity index (χ1n) is 6.75. The molecule has 0 aliphatic carbocycles. The maximum absolute atomic E-state index is 12.1. The summed E-state index contributed by atoms with van der Waals surface area (Å²) in [5.41, 5.74) is 1.29. The average Bonchev–Trinajstić information content (AvgIpc) is 2.99. The molecule has 0 aliphatic heterocycles. The van der Waals surface area contributed by atoms with E-state index in [9.17, 15) is 4.79 Å². The van der Waals surface area contributed by atoms with Crippen LogP contribution in [0.3, 0.4) is 0 Å². The van der Waals surface area contributed by atoms with Crippen LogP contribution in [0.1, 0.15) is 42.6 Å². The van der Waals surface area contributed by atoms with Gasteiger partial charge >= 0.3 is 0 Å². The number of carbonyl (C=O) groups is 1. The molecule has 5 heteroatoms. The van der Waals surface area contributed by atoms with E-state index in [1.807, 2.05) is 19.1 Å². The molecule has 2 aromatic heterocycles. The summed E-state index contributed by atoms with van der Waals surface area (Å²) >= 11 is 0. The van der Waals surface area contributed by atoms with Gasteiger partial charge in [0.2, 0.25) is 0 Å². The smallest absolute Gasteiger partial charge is 0.270 e. The molecule has 2 rings (SSSR count). The summed E-state index contributed by atoms with van der Waals surface area (Å²) in [4.78, 5) is 16.2. The second kappa shape index (κ2) is 6.75. The fourth-order valence-corrected chi connectivity index (χ4v) is 1.81. The molecular formula is C15H19N3O2. The van der Waals surface area contributed by atoms with Crippen molar-refractivity contribution in [1.82, 2.24) is 10.3 Å². The van der Waals surface area contributed by atoms with Gasteiger partial charge in [-0.2, -0.15) is 0 Å². The van der Waals surface area contributed by atoms with Crippen LogP contribution in [0.2, 0.25) is 0 Å². The standard InChI is InChI=1S/C15H19N3O2/c1-3-7-16-12-6-8-17-13(10-12)15(19)18-11(2)14-5-4-9-20-14/h4-6,8-11H,3,7H2,1-2H3,(H,16,17)(H,18,19). The first-order chi connectivity index (χ1) is 9.70. The van der Waals surface area contributed by atoms with Gasteiger partial charge in [-0.25, -0.2) is 0 Å². The molecule has 1 atom stereocenters. The van der Waals surface area contributed by atoms with Crippen molar-refractivity contribution in [3.63, 3.8) is 0 Å². The van der Waals surface area contributed by atoms with E-state index >= 15 is 0 Å². The summed E-state index contributed by atoms with van der Waals surface area (Å²) < 4.78 is 5.26. The lowest BCUT2D eigenvalue weighted by atomic mass is 10.2. The number of hydrogen-bond donors (Lipinski definition) is 2. The SMILES string of the molecule is CCCNc1ccnc(C(=O)NC(C)c2ccco2)c1. The van der Waals surface area contributed by atoms with Crippen molar-refractivity contribution in [3.8, 4) is 0 Å². The molecule has 2 N–H and O–H groups in total. The normalized spacial score (nSPS) is 11.9. The molecule has 0 radical (unpaired) electrons. The molecule has 0 aliphatic rings. The predicted molar refractivity (Wildman–Crippen MR) is 77.6 cm³/mol. The lowest BCUT2D eigenvalue weighted by Gasteiger charge is -2.11. The Balaban J connectivity index is 2.01. The van der Waals surface area contributed by atoms with Crippen LogP contribution in [0.25, 0.3) is 0 Å². The van der Waals surface area contributed by atoms with Crippen LogP contribution < -0.4 is 10.6 Å². The molecule has 0 spiro atoms. The predicted octanol–water partition coefficient (Wildman–Crippen LogP) is 2.99. The van der Waals surface area contributed by atoms with Gasteiger partial charge in [0.15, 0.2) is 0 Å². The Hall–Kier alpha value is -2.30. The van der Waals surface area contributed by atoms with E-state index in [0.717, 1.165) is 24.4 Å². The summed E-state index contributed by atoms with van der Waals surface area (Å²) in [7, 11) is 0. The highest BCUT2D eigenvalue weighted by Gasteiger charge is 2.14. The van der Waals surface area contributed by atoms with Crippen molar-refractivity contribution in [2.24, 2.45) is 0 Å². The molecule has 2 heterocycles. The minimum Gasteiger partial charge on any atom is -0.467 e. The Labute approximate surface area is 118 Å². The fraction of sp³-hybridized carbons (Fsp3) is 0.333. The number of pyridine rings is 1. The second-order valence-electron chi connectivity index (χ2n) is 4.57. The lowest BCUT2D eigenvalue weighted by Crippen LogP contribution is -2.27. The molecule has 20 heavy (non-hydrogen) atoms. The monoisotopic (exact) mass is 273 g/mol. The molecule has 0 bridgehead atoms. The molecule has 1 unspecified atom stereocenters. The van der Waals surface area contributed by atoms with Gasteiger partial charge in [0.05, 0.1) is 12.3 Å². The topological polar surface area (TPSA) is 67.2 Å². The third kappa shape index (κ3) is 3.60. The van der Waals surface area contributed by atoms with E-state index in [1.54, 1.807) is 24.6 Å². The van der Waals surface area contributed by atoms with Crippen LogP contribution in [-0.4, -0.2) is 17.4 Å². The highest BCUT2D eigenvalue weighted by atomic mass is 16.3. The largest absolute Gasteiger partial charge is 0.467 e. The second-order valence-corrected chi connectivity index (χ2v) is 4.57. The molecule has 0 fully saturated rings. The molecule has 0 aromatic carbocycles. The lowest BCUT2D eigenvalue weighted by molar-refractivity contribution is 0.0930. The summed E-state index contributed by atoms with van der Waals surface area (Å²) in [6.45, 7) is 4.83. The molecule has 5 nitrogen and oxygen atoms in total. The maximum Gasteiger partial charge on any atom is 0.270 e. The summed E-state index contributed by atoms with van der Waals surface area (Å²) in [6.07, 6.45) is 4.25. The van der Waals surface area contributed by atoms with E-state index in [4.69, 9.17) is 4.42 Å². The minimum atomic E-state index is -0.214. The molecule has 0 saturated carbocycles. The number of furan rings is 1. The number of carbonyl (C=O) groups excluding carboxylic acids is 1. The Kier molecular flexibility index (Phi) is 4.76. The maximum atomic E-state index is 12.1. The van der Waals surface area contributed by atoms with E-state index in [-0.39, 0.29) is 11.9 Å². The number of hydrogen-bond acceptors (Lipinski definition) is 4. The highest BCUT2D eigenvalue weighted by molar-refractivity contribution is 5.93. The van der Waals surface area contributed by atoms with Crippen LogP contribution in [-0.2, 0) is 0 Å². The molecule has 106 valence electrons. The number of anilines is 1. The fourth-order valence-electron chi connectivity index (χ4n) is 1.81. The number of nitrogens with one attached hydrogen (secondary N) is 2. The van der Waals surface area contributed by atoms with Crippen LogP contribution in [0.4, 0.5) is 5.69 Å². The van der Waals surface area contributed by atoms with Crippen molar-refractivity contribution < 1.29 is 9.21 Å². The summed E-state index contributed by atoms with van der Waals surface area (Å²) in [6, 6.07) is 7.04. The van der Waals surface area contributed by atoms with Gasteiger partial charge in [0.1, 0.15) is 11.5 Å². The van der Waals surface area contributed by atoms with Gasteiger partial charge in [-0.05, 0) is 37.6 Å². The zero-order valence-corrected chi connectivity index (χ0v) is 11.7. The molecular weight excluding hydrogens is 254 g/mol. The van der Waals surface area contributed by atoms with Crippen molar-refractivity contribution in [1.29, 1.82) is 0 Å². The number of rotatable bonds is 6. The number of amides is 1. The first kappa shape index (κ1) is 14.1. The Bertz CT molecular complexity index is 552. The Morgan fingerprint density at radius 3 is 3.00 bits per heavy atom. The first-order valence-corrected chi connectivity index (χ1v) is 6.75. The molecule has 2 aromatic rings. The van der Waals surface area contributed by atoms with E-state index in [2.05, 4.69) is 22.5 Å². The highest BCUT2D eigenvalue weighted by Crippen LogP contribution is 2.14. The van der Waals surface area contributed by atoms with Crippen molar-refractivity contribution in [2.75, 3.05) is 11.9 Å². The number of aromatic nitrogens is 1. The van der Waals surface area contributed by atoms with Crippen LogP contribution in [0.5, 0.6) is 0 Å². The zero-order valence-electron chi connectivity index (χ0n) is 11.7. The van der Waals surface area contributed by atoms with Gasteiger partial charge in [-0.1, -0.05) is 6.92 Å². The van der Waals surface area contributed by atoms with Crippen molar-refractivity contribution in [3.05, 3.63) is 48.2 Å². The van der Waals surface area contributed by atoms with E-state index in [1.165, 1.54) is 0 Å². The van der Waals surface area contributed by atoms with Gasteiger partial charge in [-0.3, -0.25) is 9.78 Å². The molecule has 1 amide bonds. The number of nitrogens with zero attached hydrogens (tertiary/aromatic N) is 1. The zero-order chi connectivity index (χ0) is 14.4. The van der Waals surface area contributed by atoms with Crippen LogP contribution in [0, 0.1) is 0 Å². The Morgan fingerprint density at radius 1 is 1.45 bits per heavy atom. The van der Waals surface area contributed by atoms with Crippen LogP contribution in [0.15, 0.2) is 41.1 Å².